The van der Waals surface area contributed by atoms with Crippen molar-refractivity contribution in [1.82, 2.24) is 15.2 Å². The molecule has 3 rings (SSSR count). The third-order valence-corrected chi connectivity index (χ3v) is 7.24. The van der Waals surface area contributed by atoms with Gasteiger partial charge in [0, 0.05) is 53.7 Å². The second kappa shape index (κ2) is 11.1. The highest BCUT2D eigenvalue weighted by Crippen LogP contribution is 2.34. The van der Waals surface area contributed by atoms with E-state index in [2.05, 4.69) is 41.1 Å². The van der Waals surface area contributed by atoms with Crippen LogP contribution in [0.15, 0.2) is 23.0 Å². The van der Waals surface area contributed by atoms with Crippen molar-refractivity contribution in [2.45, 2.75) is 72.0 Å². The van der Waals surface area contributed by atoms with Crippen LogP contribution in [0.1, 0.15) is 65.3 Å². The van der Waals surface area contributed by atoms with Gasteiger partial charge in [-0.2, -0.15) is 0 Å². The number of pyridine rings is 1. The van der Waals surface area contributed by atoms with Crippen LogP contribution in [-0.4, -0.2) is 55.6 Å². The predicted molar refractivity (Wildman–Crippen MR) is 138 cm³/mol. The zero-order valence-electron chi connectivity index (χ0n) is 21.7. The van der Waals surface area contributed by atoms with E-state index in [1.807, 2.05) is 32.9 Å². The topological polar surface area (TPSA) is 77.7 Å². The Morgan fingerprint density at radius 1 is 1.09 bits per heavy atom. The minimum absolute atomic E-state index is 0.161. The van der Waals surface area contributed by atoms with Crippen LogP contribution in [-0.2, 0) is 6.54 Å². The van der Waals surface area contributed by atoms with Gasteiger partial charge < -0.3 is 24.8 Å². The molecule has 0 unspecified atom stereocenters. The molecule has 1 saturated carbocycles. The van der Waals surface area contributed by atoms with Gasteiger partial charge in [0.25, 0.3) is 11.5 Å². The minimum atomic E-state index is -0.204. The highest BCUT2D eigenvalue weighted by Gasteiger charge is 2.28. The molecule has 1 amide bonds. The van der Waals surface area contributed by atoms with Crippen molar-refractivity contribution in [3.63, 3.8) is 0 Å². The van der Waals surface area contributed by atoms with Crippen LogP contribution in [0, 0.1) is 20.8 Å². The summed E-state index contributed by atoms with van der Waals surface area (Å²) in [7, 11) is 5.95. The SMILES string of the molecule is CCN(c1cc(OC)cc(C(=O)NCc2c(C)cc(C)[nH]c2=O)c1C)C1CCC(N(C)C)CC1. The first kappa shape index (κ1) is 25.8. The molecule has 1 heterocycles. The Balaban J connectivity index is 1.85. The van der Waals surface area contributed by atoms with Gasteiger partial charge in [-0.1, -0.05) is 0 Å². The highest BCUT2D eigenvalue weighted by molar-refractivity contribution is 5.97. The number of carbonyl (C=O) groups is 1. The van der Waals surface area contributed by atoms with E-state index in [9.17, 15) is 9.59 Å². The molecule has 1 aliphatic rings. The summed E-state index contributed by atoms with van der Waals surface area (Å²) >= 11 is 0. The van der Waals surface area contributed by atoms with E-state index in [1.54, 1.807) is 13.2 Å². The predicted octanol–water partition coefficient (Wildman–Crippen LogP) is 3.94. The summed E-state index contributed by atoms with van der Waals surface area (Å²) in [6, 6.07) is 6.83. The molecule has 186 valence electrons. The molecule has 2 aromatic rings. The van der Waals surface area contributed by atoms with E-state index in [4.69, 9.17) is 4.74 Å². The lowest BCUT2D eigenvalue weighted by atomic mass is 9.88. The summed E-state index contributed by atoms with van der Waals surface area (Å²) in [5.74, 6) is 0.458. The zero-order valence-corrected chi connectivity index (χ0v) is 21.7. The second-order valence-corrected chi connectivity index (χ2v) is 9.66. The fourth-order valence-electron chi connectivity index (χ4n) is 5.20. The second-order valence-electron chi connectivity index (χ2n) is 9.66. The number of ether oxygens (including phenoxy) is 1. The number of amides is 1. The van der Waals surface area contributed by atoms with Gasteiger partial charge in [0.15, 0.2) is 0 Å². The lowest BCUT2D eigenvalue weighted by Crippen LogP contribution is -2.42. The largest absolute Gasteiger partial charge is 0.497 e. The molecule has 0 aliphatic heterocycles. The lowest BCUT2D eigenvalue weighted by molar-refractivity contribution is 0.0949. The Kier molecular flexibility index (Phi) is 8.42. The normalized spacial score (nSPS) is 18.1. The zero-order chi connectivity index (χ0) is 25.0. The number of aromatic amines is 1. The van der Waals surface area contributed by atoms with Gasteiger partial charge >= 0.3 is 0 Å². The maximum atomic E-state index is 13.3. The number of aromatic nitrogens is 1. The molecule has 0 spiro atoms. The number of nitrogens with one attached hydrogen (secondary N) is 2. The Bertz CT molecular complexity index is 1070. The van der Waals surface area contributed by atoms with Crippen molar-refractivity contribution in [2.24, 2.45) is 0 Å². The van der Waals surface area contributed by atoms with E-state index in [-0.39, 0.29) is 18.0 Å². The summed E-state index contributed by atoms with van der Waals surface area (Å²) in [6.07, 6.45) is 4.61. The van der Waals surface area contributed by atoms with Crippen LogP contribution in [0.3, 0.4) is 0 Å². The Hall–Kier alpha value is -2.80. The Labute approximate surface area is 203 Å². The number of hydrogen-bond donors (Lipinski definition) is 2. The van der Waals surface area contributed by atoms with Crippen LogP contribution in [0.2, 0.25) is 0 Å². The number of nitrogens with zero attached hydrogens (tertiary/aromatic N) is 2. The van der Waals surface area contributed by atoms with Crippen LogP contribution in [0.25, 0.3) is 0 Å². The van der Waals surface area contributed by atoms with Crippen molar-refractivity contribution < 1.29 is 9.53 Å². The monoisotopic (exact) mass is 468 g/mol. The van der Waals surface area contributed by atoms with Gasteiger partial charge in [0.05, 0.1) is 7.11 Å². The van der Waals surface area contributed by atoms with Crippen LogP contribution < -0.4 is 20.5 Å². The molecule has 0 atom stereocenters. The van der Waals surface area contributed by atoms with E-state index >= 15 is 0 Å². The number of hydrogen-bond acceptors (Lipinski definition) is 5. The molecule has 34 heavy (non-hydrogen) atoms. The van der Waals surface area contributed by atoms with E-state index < -0.39 is 0 Å². The maximum absolute atomic E-state index is 13.3. The van der Waals surface area contributed by atoms with Gasteiger partial charge in [-0.15, -0.1) is 0 Å². The van der Waals surface area contributed by atoms with Crippen LogP contribution in [0.5, 0.6) is 5.75 Å². The van der Waals surface area contributed by atoms with Gasteiger partial charge in [0.2, 0.25) is 0 Å². The molecule has 2 N–H and O–H groups in total. The van der Waals surface area contributed by atoms with E-state index in [0.29, 0.717) is 29.0 Å². The number of aryl methyl sites for hydroxylation is 2. The Morgan fingerprint density at radius 3 is 2.29 bits per heavy atom. The summed E-state index contributed by atoms with van der Waals surface area (Å²) in [4.78, 5) is 33.2. The molecule has 1 aromatic carbocycles. The number of anilines is 1. The molecule has 0 saturated heterocycles. The van der Waals surface area contributed by atoms with Crippen LogP contribution in [0.4, 0.5) is 5.69 Å². The molecule has 1 fully saturated rings. The number of methoxy groups -OCH3 is 1. The quantitative estimate of drug-likeness (QED) is 0.614. The molecular formula is C27H40N4O3. The van der Waals surface area contributed by atoms with Gasteiger partial charge in [-0.3, -0.25) is 9.59 Å². The third kappa shape index (κ3) is 5.63. The van der Waals surface area contributed by atoms with E-state index in [1.165, 1.54) is 12.8 Å². The van der Waals surface area contributed by atoms with Gasteiger partial charge in [-0.05, 0) is 90.7 Å². The molecule has 1 aliphatic carbocycles. The molecule has 7 nitrogen and oxygen atoms in total. The third-order valence-electron chi connectivity index (χ3n) is 7.24. The van der Waals surface area contributed by atoms with Gasteiger partial charge in [-0.25, -0.2) is 0 Å². The van der Waals surface area contributed by atoms with Crippen molar-refractivity contribution in [2.75, 3.05) is 32.6 Å². The molecule has 1 aromatic heterocycles. The summed E-state index contributed by atoms with van der Waals surface area (Å²) in [6.45, 7) is 8.96. The fourth-order valence-corrected chi connectivity index (χ4v) is 5.20. The number of benzene rings is 1. The number of carbonyl (C=O) groups excluding carboxylic acids is 1. The summed E-state index contributed by atoms with van der Waals surface area (Å²) in [5, 5.41) is 2.95. The highest BCUT2D eigenvalue weighted by atomic mass is 16.5. The average Bonchev–Trinajstić information content (AvgIpc) is 2.80. The fraction of sp³-hybridized carbons (Fsp3) is 0.556. The smallest absolute Gasteiger partial charge is 0.253 e. The minimum Gasteiger partial charge on any atom is -0.497 e. The first-order valence-electron chi connectivity index (χ1n) is 12.3. The van der Waals surface area contributed by atoms with Crippen LogP contribution >= 0.6 is 0 Å². The molecule has 7 heteroatoms. The van der Waals surface area contributed by atoms with Gasteiger partial charge in [0.1, 0.15) is 5.75 Å². The Morgan fingerprint density at radius 2 is 1.74 bits per heavy atom. The lowest BCUT2D eigenvalue weighted by Gasteiger charge is -2.40. The van der Waals surface area contributed by atoms with Crippen molar-refractivity contribution >= 4 is 11.6 Å². The van der Waals surface area contributed by atoms with E-state index in [0.717, 1.165) is 41.9 Å². The summed E-state index contributed by atoms with van der Waals surface area (Å²) < 4.78 is 5.58. The van der Waals surface area contributed by atoms with Crippen molar-refractivity contribution in [3.8, 4) is 5.75 Å². The molecule has 0 radical (unpaired) electrons. The summed E-state index contributed by atoms with van der Waals surface area (Å²) in [5.41, 5.74) is 4.66. The average molecular weight is 469 g/mol. The molecule has 0 bridgehead atoms. The number of rotatable bonds is 8. The first-order chi connectivity index (χ1) is 16.2. The van der Waals surface area contributed by atoms with Crippen molar-refractivity contribution in [3.05, 3.63) is 56.5 Å². The first-order valence-corrected chi connectivity index (χ1v) is 12.3. The standard InChI is InChI=1S/C27H40N4O3/c1-8-31(21-11-9-20(10-12-21)30(5)6)25-15-22(34-7)14-23(19(25)4)26(32)28-16-24-17(2)13-18(3)29-27(24)33/h13-15,20-21H,8-12,16H2,1-7H3,(H,28,32)(H,29,33). The molecular weight excluding hydrogens is 428 g/mol. The maximum Gasteiger partial charge on any atom is 0.253 e. The van der Waals surface area contributed by atoms with Crippen molar-refractivity contribution in [1.29, 1.82) is 0 Å². The number of H-pyrrole nitrogens is 1.